The normalized spacial score (nSPS) is 13.4. The Labute approximate surface area is 192 Å². The molecule has 0 atom stereocenters. The van der Waals surface area contributed by atoms with Crippen LogP contribution in [0.15, 0.2) is 80.2 Å². The maximum atomic E-state index is 13.0. The van der Waals surface area contributed by atoms with Gasteiger partial charge in [0.05, 0.1) is 6.54 Å². The van der Waals surface area contributed by atoms with Crippen LogP contribution in [0.25, 0.3) is 0 Å². The van der Waals surface area contributed by atoms with Crippen molar-refractivity contribution in [1.29, 1.82) is 0 Å². The maximum absolute atomic E-state index is 13.0. The third kappa shape index (κ3) is 5.09. The molecule has 0 fully saturated rings. The van der Waals surface area contributed by atoms with Crippen molar-refractivity contribution >= 4 is 29.3 Å². The Hall–Kier alpha value is -3.37. The summed E-state index contributed by atoms with van der Waals surface area (Å²) in [6.45, 7) is 2.22. The topological polar surface area (TPSA) is 110 Å². The molecule has 0 saturated carbocycles. The van der Waals surface area contributed by atoms with Gasteiger partial charge in [0.1, 0.15) is 6.33 Å². The van der Waals surface area contributed by atoms with Gasteiger partial charge in [-0.1, -0.05) is 47.6 Å². The number of hydrogen-bond acceptors (Lipinski definition) is 7. The van der Waals surface area contributed by atoms with Crippen molar-refractivity contribution in [3.05, 3.63) is 97.1 Å². The SMILES string of the molecule is CCn1c(=O)nc(NC2=CC=C(Sc3ncn[nH]3)C=CC2)n(Cc2ccc(Cl)cc2)c1=O. The zero-order chi connectivity index (χ0) is 22.5. The molecule has 2 N–H and O–H groups in total. The van der Waals surface area contributed by atoms with Gasteiger partial charge >= 0.3 is 11.4 Å². The predicted octanol–water partition coefficient (Wildman–Crippen LogP) is 3.18. The van der Waals surface area contributed by atoms with Crippen LogP contribution in [-0.2, 0) is 13.1 Å². The maximum Gasteiger partial charge on any atom is 0.354 e. The molecular formula is C21H20ClN7O2S. The van der Waals surface area contributed by atoms with E-state index in [-0.39, 0.29) is 19.0 Å². The van der Waals surface area contributed by atoms with Crippen LogP contribution in [0.4, 0.5) is 5.95 Å². The van der Waals surface area contributed by atoms with E-state index >= 15 is 0 Å². The smallest absolute Gasteiger partial charge is 0.329 e. The number of rotatable bonds is 7. The number of nitrogens with one attached hydrogen (secondary N) is 2. The number of hydrogen-bond donors (Lipinski definition) is 2. The largest absolute Gasteiger partial charge is 0.354 e. The van der Waals surface area contributed by atoms with Crippen LogP contribution < -0.4 is 16.7 Å². The number of thioether (sulfide) groups is 1. The summed E-state index contributed by atoms with van der Waals surface area (Å²) < 4.78 is 2.56. The van der Waals surface area contributed by atoms with Gasteiger partial charge in [0.15, 0.2) is 5.16 Å². The van der Waals surface area contributed by atoms with E-state index in [4.69, 9.17) is 11.6 Å². The van der Waals surface area contributed by atoms with Crippen LogP contribution in [0.1, 0.15) is 18.9 Å². The van der Waals surface area contributed by atoms with E-state index in [1.807, 2.05) is 36.4 Å². The predicted molar refractivity (Wildman–Crippen MR) is 125 cm³/mol. The first-order chi connectivity index (χ1) is 15.5. The lowest BCUT2D eigenvalue weighted by Crippen LogP contribution is -2.42. The molecule has 0 saturated heterocycles. The highest BCUT2D eigenvalue weighted by atomic mass is 35.5. The number of H-pyrrole nitrogens is 1. The van der Waals surface area contributed by atoms with E-state index in [9.17, 15) is 9.59 Å². The minimum absolute atomic E-state index is 0.194. The first-order valence-corrected chi connectivity index (χ1v) is 11.1. The minimum Gasteiger partial charge on any atom is -0.329 e. The molecule has 3 aromatic rings. The number of aromatic amines is 1. The number of benzene rings is 1. The van der Waals surface area contributed by atoms with Crippen molar-refractivity contribution in [3.8, 4) is 0 Å². The van der Waals surface area contributed by atoms with Crippen molar-refractivity contribution in [2.24, 2.45) is 0 Å². The molecule has 1 aliphatic rings. The Balaban J connectivity index is 1.65. The van der Waals surface area contributed by atoms with Gasteiger partial charge in [0.2, 0.25) is 5.95 Å². The van der Waals surface area contributed by atoms with E-state index in [0.29, 0.717) is 16.6 Å². The molecular weight excluding hydrogens is 450 g/mol. The van der Waals surface area contributed by atoms with E-state index in [0.717, 1.165) is 20.7 Å². The number of anilines is 1. The van der Waals surface area contributed by atoms with Crippen molar-refractivity contribution in [2.45, 2.75) is 31.6 Å². The fourth-order valence-corrected chi connectivity index (χ4v) is 3.93. The lowest BCUT2D eigenvalue weighted by atomic mass is 10.2. The first-order valence-electron chi connectivity index (χ1n) is 9.87. The van der Waals surface area contributed by atoms with Crippen LogP contribution in [-0.4, -0.2) is 29.3 Å². The molecule has 1 aromatic carbocycles. The molecule has 0 amide bonds. The van der Waals surface area contributed by atoms with Gasteiger partial charge in [-0.15, -0.1) is 0 Å². The molecule has 2 aromatic heterocycles. The van der Waals surface area contributed by atoms with Crippen LogP contribution in [0.5, 0.6) is 0 Å². The molecule has 0 aliphatic heterocycles. The minimum atomic E-state index is -0.589. The summed E-state index contributed by atoms with van der Waals surface area (Å²) in [6, 6.07) is 7.19. The Morgan fingerprint density at radius 2 is 2.00 bits per heavy atom. The van der Waals surface area contributed by atoms with Crippen LogP contribution >= 0.6 is 23.4 Å². The summed E-state index contributed by atoms with van der Waals surface area (Å²) in [4.78, 5) is 34.6. The van der Waals surface area contributed by atoms with Gasteiger partial charge in [-0.25, -0.2) is 19.1 Å². The van der Waals surface area contributed by atoms with Crippen molar-refractivity contribution in [1.82, 2.24) is 29.3 Å². The number of nitrogens with zero attached hydrogens (tertiary/aromatic N) is 5. The lowest BCUT2D eigenvalue weighted by Gasteiger charge is -2.16. The second-order valence-electron chi connectivity index (χ2n) is 6.84. The average Bonchev–Trinajstić information content (AvgIpc) is 3.19. The number of halogens is 1. The second-order valence-corrected chi connectivity index (χ2v) is 8.34. The Morgan fingerprint density at radius 1 is 1.19 bits per heavy atom. The summed E-state index contributed by atoms with van der Waals surface area (Å²) in [5.74, 6) is 0.194. The fraction of sp³-hybridized carbons (Fsp3) is 0.190. The third-order valence-electron chi connectivity index (χ3n) is 4.67. The third-order valence-corrected chi connectivity index (χ3v) is 5.82. The van der Waals surface area contributed by atoms with Crippen LogP contribution in [0.3, 0.4) is 0 Å². The highest BCUT2D eigenvalue weighted by Gasteiger charge is 2.14. The van der Waals surface area contributed by atoms with Gasteiger partial charge in [-0.2, -0.15) is 10.1 Å². The van der Waals surface area contributed by atoms with E-state index in [2.05, 4.69) is 25.5 Å². The zero-order valence-corrected chi connectivity index (χ0v) is 18.7. The van der Waals surface area contributed by atoms with Crippen molar-refractivity contribution in [2.75, 3.05) is 5.32 Å². The molecule has 2 heterocycles. The van der Waals surface area contributed by atoms with E-state index in [1.54, 1.807) is 19.1 Å². The number of aromatic nitrogens is 6. The molecule has 164 valence electrons. The van der Waals surface area contributed by atoms with Crippen LogP contribution in [0.2, 0.25) is 5.02 Å². The van der Waals surface area contributed by atoms with Gasteiger partial charge in [-0.05, 0) is 36.8 Å². The summed E-state index contributed by atoms with van der Waals surface area (Å²) in [7, 11) is 0. The number of allylic oxidation sites excluding steroid dienone is 4. The molecule has 0 unspecified atom stereocenters. The van der Waals surface area contributed by atoms with Gasteiger partial charge < -0.3 is 5.32 Å². The molecule has 9 nitrogen and oxygen atoms in total. The monoisotopic (exact) mass is 469 g/mol. The van der Waals surface area contributed by atoms with Gasteiger partial charge in [-0.3, -0.25) is 9.67 Å². The molecule has 1 aliphatic carbocycles. The van der Waals surface area contributed by atoms with E-state index in [1.165, 1.54) is 22.7 Å². The molecule has 32 heavy (non-hydrogen) atoms. The Morgan fingerprint density at radius 3 is 2.72 bits per heavy atom. The highest BCUT2D eigenvalue weighted by molar-refractivity contribution is 8.03. The zero-order valence-electron chi connectivity index (χ0n) is 17.2. The van der Waals surface area contributed by atoms with Crippen LogP contribution in [0, 0.1) is 0 Å². The second kappa shape index (κ2) is 9.84. The Bertz CT molecular complexity index is 1310. The summed E-state index contributed by atoms with van der Waals surface area (Å²) >= 11 is 7.42. The average molecular weight is 470 g/mol. The first kappa shape index (κ1) is 21.8. The summed E-state index contributed by atoms with van der Waals surface area (Å²) in [6.07, 6.45) is 9.80. The Kier molecular flexibility index (Phi) is 6.72. The summed E-state index contributed by atoms with van der Waals surface area (Å²) in [5, 5.41) is 11.1. The fourth-order valence-electron chi connectivity index (χ4n) is 3.08. The molecule has 11 heteroatoms. The molecule has 0 bridgehead atoms. The molecule has 0 spiro atoms. The standard InChI is InChI=1S/C21H20ClN7O2S/c1-2-28-20(30)26-18(29(21(28)31)12-14-6-8-15(22)9-7-14)25-16-4-3-5-17(11-10-16)32-19-23-13-24-27-19/h3,5-11,13H,2,4,12H2,1H3,(H,23,24,27)(H,25,26,30). The quantitative estimate of drug-likeness (QED) is 0.546. The molecule has 4 rings (SSSR count). The van der Waals surface area contributed by atoms with Gasteiger partial charge in [0, 0.05) is 28.6 Å². The van der Waals surface area contributed by atoms with E-state index < -0.39 is 11.4 Å². The molecule has 0 radical (unpaired) electrons. The lowest BCUT2D eigenvalue weighted by molar-refractivity contribution is 0.575. The van der Waals surface area contributed by atoms with Crippen molar-refractivity contribution in [3.63, 3.8) is 0 Å². The highest BCUT2D eigenvalue weighted by Crippen LogP contribution is 2.26. The van der Waals surface area contributed by atoms with Crippen molar-refractivity contribution < 1.29 is 0 Å². The summed E-state index contributed by atoms with van der Waals surface area (Å²) in [5.41, 5.74) is 0.643. The van der Waals surface area contributed by atoms with Gasteiger partial charge in [0.25, 0.3) is 0 Å².